The van der Waals surface area contributed by atoms with E-state index in [1.165, 1.54) is 11.3 Å². The average Bonchev–Trinajstić information content (AvgIpc) is 2.06. The number of hydrogen-bond donors (Lipinski definition) is 1. The van der Waals surface area contributed by atoms with Crippen LogP contribution in [-0.2, 0) is 0 Å². The van der Waals surface area contributed by atoms with E-state index in [0.29, 0.717) is 5.04 Å². The lowest BCUT2D eigenvalue weighted by Crippen LogP contribution is -2.45. The first kappa shape index (κ1) is 12.3. The van der Waals surface area contributed by atoms with Crippen molar-refractivity contribution in [2.75, 3.05) is 4.98 Å². The van der Waals surface area contributed by atoms with Gasteiger partial charge in [0.1, 0.15) is 0 Å². The highest BCUT2D eigenvalue weighted by molar-refractivity contribution is 6.83. The van der Waals surface area contributed by atoms with Gasteiger partial charge in [-0.1, -0.05) is 52.1 Å². The topological polar surface area (TPSA) is 12.0 Å². The number of rotatable bonds is 2. The van der Waals surface area contributed by atoms with Gasteiger partial charge >= 0.3 is 0 Å². The summed E-state index contributed by atoms with van der Waals surface area (Å²) in [6, 6.07) is 8.53. The van der Waals surface area contributed by atoms with Crippen LogP contribution in [0.2, 0.25) is 18.1 Å². The summed E-state index contributed by atoms with van der Waals surface area (Å²) in [5.74, 6) is 0. The highest BCUT2D eigenvalue weighted by Gasteiger charge is 2.35. The second kappa shape index (κ2) is 4.01. The Kier molecular flexibility index (Phi) is 3.29. The van der Waals surface area contributed by atoms with E-state index >= 15 is 0 Å². The fourth-order valence-electron chi connectivity index (χ4n) is 1.24. The largest absolute Gasteiger partial charge is 0.410 e. The molecular weight excluding hydrogens is 198 g/mol. The van der Waals surface area contributed by atoms with Crippen LogP contribution in [0.15, 0.2) is 24.3 Å². The van der Waals surface area contributed by atoms with E-state index in [-0.39, 0.29) is 0 Å². The van der Waals surface area contributed by atoms with Crippen molar-refractivity contribution < 1.29 is 0 Å². The molecule has 84 valence electrons. The minimum Gasteiger partial charge on any atom is -0.410 e. The Morgan fingerprint density at radius 2 is 1.60 bits per heavy atom. The van der Waals surface area contributed by atoms with Crippen molar-refractivity contribution in [3.05, 3.63) is 29.8 Å². The molecule has 0 aliphatic carbocycles. The van der Waals surface area contributed by atoms with Crippen molar-refractivity contribution in [1.29, 1.82) is 0 Å². The Morgan fingerprint density at radius 1 is 1.07 bits per heavy atom. The minimum atomic E-state index is -1.43. The molecule has 0 saturated heterocycles. The number of para-hydroxylation sites is 1. The maximum atomic E-state index is 3.77. The van der Waals surface area contributed by atoms with Gasteiger partial charge in [0.15, 0.2) is 8.24 Å². The van der Waals surface area contributed by atoms with Crippen molar-refractivity contribution in [1.82, 2.24) is 0 Å². The number of nitrogens with one attached hydrogen (secondary N) is 1. The lowest BCUT2D eigenvalue weighted by molar-refractivity contribution is 0.723. The fourth-order valence-corrected chi connectivity index (χ4v) is 2.57. The van der Waals surface area contributed by atoms with Crippen LogP contribution in [0.5, 0.6) is 0 Å². The normalized spacial score (nSPS) is 12.7. The fraction of sp³-hybridized carbons (Fsp3) is 0.538. The van der Waals surface area contributed by atoms with E-state index in [1.807, 2.05) is 0 Å². The molecule has 0 bridgehead atoms. The second-order valence-corrected chi connectivity index (χ2v) is 10.8. The Labute approximate surface area is 95.0 Å². The van der Waals surface area contributed by atoms with Crippen LogP contribution in [-0.4, -0.2) is 8.24 Å². The van der Waals surface area contributed by atoms with Crippen molar-refractivity contribution in [3.8, 4) is 0 Å². The highest BCUT2D eigenvalue weighted by atomic mass is 28.3. The Balaban J connectivity index is 2.92. The molecule has 15 heavy (non-hydrogen) atoms. The molecular formula is C13H23NSi. The molecule has 0 spiro atoms. The summed E-state index contributed by atoms with van der Waals surface area (Å²) in [6.45, 7) is 13.9. The monoisotopic (exact) mass is 221 g/mol. The summed E-state index contributed by atoms with van der Waals surface area (Å²) in [6.07, 6.45) is 0. The molecule has 0 fully saturated rings. The van der Waals surface area contributed by atoms with Gasteiger partial charge in [-0.3, -0.25) is 0 Å². The van der Waals surface area contributed by atoms with Crippen LogP contribution in [0.1, 0.15) is 26.3 Å². The van der Waals surface area contributed by atoms with Gasteiger partial charge in [0.2, 0.25) is 0 Å². The van der Waals surface area contributed by atoms with E-state index in [1.54, 1.807) is 0 Å². The molecule has 0 amide bonds. The lowest BCUT2D eigenvalue weighted by Gasteiger charge is -2.38. The van der Waals surface area contributed by atoms with Crippen LogP contribution in [0.3, 0.4) is 0 Å². The molecule has 1 N–H and O–H groups in total. The standard InChI is InChI=1S/C13H23NSi/c1-11-9-7-8-10-12(11)14-15(5,6)13(2,3)4/h7-10,14H,1-6H3. The molecule has 0 heterocycles. The van der Waals surface area contributed by atoms with Gasteiger partial charge < -0.3 is 4.98 Å². The SMILES string of the molecule is Cc1ccccc1N[Si](C)(C)C(C)(C)C. The van der Waals surface area contributed by atoms with Gasteiger partial charge in [-0.15, -0.1) is 0 Å². The summed E-state index contributed by atoms with van der Waals surface area (Å²) >= 11 is 0. The number of benzene rings is 1. The second-order valence-electron chi connectivity index (χ2n) is 5.81. The van der Waals surface area contributed by atoms with Crippen LogP contribution in [0.25, 0.3) is 0 Å². The zero-order chi connectivity index (χ0) is 11.7. The molecule has 1 rings (SSSR count). The lowest BCUT2D eigenvalue weighted by atomic mass is 10.2. The molecule has 0 unspecified atom stereocenters. The molecule has 0 atom stereocenters. The van der Waals surface area contributed by atoms with Crippen molar-refractivity contribution in [2.24, 2.45) is 0 Å². The molecule has 2 heteroatoms. The summed E-state index contributed by atoms with van der Waals surface area (Å²) in [5, 5.41) is 0.370. The van der Waals surface area contributed by atoms with Gasteiger partial charge in [0.05, 0.1) is 0 Å². The van der Waals surface area contributed by atoms with Crippen LogP contribution in [0.4, 0.5) is 5.69 Å². The highest BCUT2D eigenvalue weighted by Crippen LogP contribution is 2.36. The summed E-state index contributed by atoms with van der Waals surface area (Å²) in [5.41, 5.74) is 2.63. The quantitative estimate of drug-likeness (QED) is 0.729. The zero-order valence-electron chi connectivity index (χ0n) is 10.8. The Bertz CT molecular complexity index is 337. The van der Waals surface area contributed by atoms with E-state index in [0.717, 1.165) is 0 Å². The number of hydrogen-bond acceptors (Lipinski definition) is 1. The predicted molar refractivity (Wildman–Crippen MR) is 72.0 cm³/mol. The zero-order valence-corrected chi connectivity index (χ0v) is 11.8. The predicted octanol–water partition coefficient (Wildman–Crippen LogP) is 4.41. The number of aryl methyl sites for hydroxylation is 1. The molecule has 0 aliphatic rings. The van der Waals surface area contributed by atoms with Crippen molar-refractivity contribution in [3.63, 3.8) is 0 Å². The Morgan fingerprint density at radius 3 is 2.07 bits per heavy atom. The molecule has 1 aromatic rings. The summed E-state index contributed by atoms with van der Waals surface area (Å²) < 4.78 is 0. The Hall–Kier alpha value is -0.763. The first-order valence-corrected chi connectivity index (χ1v) is 8.58. The van der Waals surface area contributed by atoms with Gasteiger partial charge in [-0.25, -0.2) is 0 Å². The van der Waals surface area contributed by atoms with Gasteiger partial charge in [-0.05, 0) is 23.6 Å². The molecule has 0 radical (unpaired) electrons. The molecule has 1 nitrogen and oxygen atoms in total. The summed E-state index contributed by atoms with van der Waals surface area (Å²) in [4.78, 5) is 3.77. The van der Waals surface area contributed by atoms with E-state index in [9.17, 15) is 0 Å². The first-order chi connectivity index (χ1) is 6.74. The van der Waals surface area contributed by atoms with Crippen molar-refractivity contribution in [2.45, 2.75) is 45.8 Å². The third-order valence-corrected chi connectivity index (χ3v) is 8.11. The smallest absolute Gasteiger partial charge is 0.152 e. The van der Waals surface area contributed by atoms with Crippen LogP contribution in [0, 0.1) is 6.92 Å². The average molecular weight is 221 g/mol. The summed E-state index contributed by atoms with van der Waals surface area (Å²) in [7, 11) is -1.43. The number of anilines is 1. The van der Waals surface area contributed by atoms with Gasteiger partial charge in [0, 0.05) is 5.69 Å². The van der Waals surface area contributed by atoms with Crippen LogP contribution < -0.4 is 4.98 Å². The van der Waals surface area contributed by atoms with E-state index < -0.39 is 8.24 Å². The molecule has 0 aromatic heterocycles. The van der Waals surface area contributed by atoms with Gasteiger partial charge in [0.25, 0.3) is 0 Å². The maximum Gasteiger partial charge on any atom is 0.152 e. The third kappa shape index (κ3) is 2.85. The third-order valence-electron chi connectivity index (χ3n) is 3.47. The van der Waals surface area contributed by atoms with Crippen molar-refractivity contribution >= 4 is 13.9 Å². The first-order valence-electron chi connectivity index (χ1n) is 5.58. The maximum absolute atomic E-state index is 3.77. The van der Waals surface area contributed by atoms with Gasteiger partial charge in [-0.2, -0.15) is 0 Å². The van der Waals surface area contributed by atoms with E-state index in [2.05, 4.69) is 70.0 Å². The molecule has 0 saturated carbocycles. The minimum absolute atomic E-state index is 0.370. The molecule has 1 aromatic carbocycles. The van der Waals surface area contributed by atoms with Crippen LogP contribution >= 0.6 is 0 Å². The van der Waals surface area contributed by atoms with E-state index in [4.69, 9.17) is 0 Å². The molecule has 0 aliphatic heterocycles.